The molecule has 2 aromatic rings. The number of hydrogen-bond donors (Lipinski definition) is 1. The van der Waals surface area contributed by atoms with Crippen LogP contribution in [0.4, 0.5) is 0 Å². The number of nitriles is 1. The quantitative estimate of drug-likeness (QED) is 0.752. The van der Waals surface area contributed by atoms with Crippen LogP contribution in [0.1, 0.15) is 35.9 Å². The van der Waals surface area contributed by atoms with Crippen molar-refractivity contribution in [1.82, 2.24) is 10.2 Å². The fraction of sp³-hybridized carbons (Fsp3) is 0.400. The van der Waals surface area contributed by atoms with Gasteiger partial charge in [0.25, 0.3) is 0 Å². The summed E-state index contributed by atoms with van der Waals surface area (Å²) in [5.41, 5.74) is 1.27. The van der Waals surface area contributed by atoms with E-state index in [9.17, 15) is 10.1 Å². The molecule has 1 atom stereocenters. The van der Waals surface area contributed by atoms with Gasteiger partial charge in [-0.3, -0.25) is 9.69 Å². The first-order valence-corrected chi connectivity index (χ1v) is 10.4. The van der Waals surface area contributed by atoms with Gasteiger partial charge in [-0.1, -0.05) is 29.3 Å². The zero-order valence-corrected chi connectivity index (χ0v) is 17.6. The Hall–Kier alpha value is -1.58. The molecule has 27 heavy (non-hydrogen) atoms. The zero-order chi connectivity index (χ0) is 19.6. The van der Waals surface area contributed by atoms with E-state index in [-0.39, 0.29) is 11.9 Å². The van der Waals surface area contributed by atoms with Crippen molar-refractivity contribution in [1.29, 1.82) is 5.26 Å². The number of carbonyl (C=O) groups excluding carboxylic acids is 1. The molecule has 0 aliphatic carbocycles. The van der Waals surface area contributed by atoms with Crippen LogP contribution in [0.15, 0.2) is 29.6 Å². The monoisotopic (exact) mass is 421 g/mol. The Morgan fingerprint density at radius 3 is 2.85 bits per heavy atom. The molecule has 0 radical (unpaired) electrons. The number of nitrogens with zero attached hydrogens (tertiary/aromatic N) is 2. The summed E-state index contributed by atoms with van der Waals surface area (Å²) in [5, 5.41) is 15.3. The number of hydrogen-bond acceptors (Lipinski definition) is 4. The van der Waals surface area contributed by atoms with Crippen LogP contribution >= 0.6 is 34.5 Å². The van der Waals surface area contributed by atoms with Crippen LogP contribution in [-0.4, -0.2) is 23.9 Å². The highest BCUT2D eigenvalue weighted by atomic mass is 35.5. The zero-order valence-electron chi connectivity index (χ0n) is 15.3. The number of rotatable bonds is 5. The van der Waals surface area contributed by atoms with Crippen LogP contribution in [0.3, 0.4) is 0 Å². The lowest BCUT2D eigenvalue weighted by atomic mass is 9.94. The van der Waals surface area contributed by atoms with E-state index in [4.69, 9.17) is 23.2 Å². The summed E-state index contributed by atoms with van der Waals surface area (Å²) >= 11 is 14.1. The number of nitrogens with one attached hydrogen (secondary N) is 1. The second-order valence-corrected chi connectivity index (χ2v) is 9.04. The van der Waals surface area contributed by atoms with Gasteiger partial charge in [-0.2, -0.15) is 5.26 Å². The molecule has 1 amide bonds. The second-order valence-electron chi connectivity index (χ2n) is 7.23. The van der Waals surface area contributed by atoms with Crippen LogP contribution in [0.2, 0.25) is 10.0 Å². The predicted molar refractivity (Wildman–Crippen MR) is 110 cm³/mol. The minimum Gasteiger partial charge on any atom is -0.353 e. The Morgan fingerprint density at radius 1 is 1.37 bits per heavy atom. The molecule has 1 unspecified atom stereocenters. The molecule has 0 bridgehead atoms. The van der Waals surface area contributed by atoms with Crippen molar-refractivity contribution >= 4 is 40.4 Å². The molecular weight excluding hydrogens is 401 g/mol. The smallest absolute Gasteiger partial charge is 0.239 e. The highest BCUT2D eigenvalue weighted by Gasteiger charge is 2.30. The maximum Gasteiger partial charge on any atom is 0.239 e. The van der Waals surface area contributed by atoms with Gasteiger partial charge in [0.15, 0.2) is 0 Å². The highest BCUT2D eigenvalue weighted by Crippen LogP contribution is 2.33. The summed E-state index contributed by atoms with van der Waals surface area (Å²) in [6.45, 7) is 5.36. The molecule has 1 aromatic heterocycles. The number of fused-ring (bicyclic) bond motifs is 1. The van der Waals surface area contributed by atoms with Gasteiger partial charge >= 0.3 is 0 Å². The van der Waals surface area contributed by atoms with Crippen molar-refractivity contribution in [2.24, 2.45) is 5.41 Å². The van der Waals surface area contributed by atoms with E-state index >= 15 is 0 Å². The van der Waals surface area contributed by atoms with Crippen LogP contribution in [0, 0.1) is 16.7 Å². The molecule has 142 valence electrons. The maximum absolute atomic E-state index is 12.4. The van der Waals surface area contributed by atoms with Crippen LogP contribution in [-0.2, 0) is 17.8 Å². The first-order valence-electron chi connectivity index (χ1n) is 8.75. The fourth-order valence-electron chi connectivity index (χ4n) is 3.17. The Bertz CT molecular complexity index is 888. The Labute approximate surface area is 173 Å². The lowest BCUT2D eigenvalue weighted by molar-refractivity contribution is -0.127. The second kappa shape index (κ2) is 8.20. The molecule has 0 fully saturated rings. The third-order valence-corrected chi connectivity index (χ3v) is 6.67. The van der Waals surface area contributed by atoms with Crippen molar-refractivity contribution < 1.29 is 4.79 Å². The Morgan fingerprint density at radius 2 is 2.15 bits per heavy atom. The average molecular weight is 422 g/mol. The first kappa shape index (κ1) is 20.2. The summed E-state index contributed by atoms with van der Waals surface area (Å²) in [4.78, 5) is 16.2. The summed E-state index contributed by atoms with van der Waals surface area (Å²) in [5.74, 6) is -0.275. The van der Waals surface area contributed by atoms with Gasteiger partial charge in [0, 0.05) is 24.5 Å². The molecule has 0 saturated carbocycles. The van der Waals surface area contributed by atoms with Crippen LogP contribution in [0.5, 0.6) is 0 Å². The van der Waals surface area contributed by atoms with Gasteiger partial charge in [0.2, 0.25) is 5.91 Å². The van der Waals surface area contributed by atoms with Crippen molar-refractivity contribution in [2.45, 2.75) is 32.9 Å². The van der Waals surface area contributed by atoms with Crippen molar-refractivity contribution in [3.8, 4) is 6.07 Å². The normalized spacial score (nSPS) is 15.7. The minimum atomic E-state index is -1.06. The molecular formula is C20H21Cl2N3OS. The van der Waals surface area contributed by atoms with Crippen molar-refractivity contribution in [2.75, 3.05) is 13.1 Å². The predicted octanol–water partition coefficient (Wildman–Crippen LogP) is 4.82. The van der Waals surface area contributed by atoms with E-state index in [2.05, 4.69) is 21.7 Å². The van der Waals surface area contributed by atoms with E-state index < -0.39 is 5.41 Å². The summed E-state index contributed by atoms with van der Waals surface area (Å²) in [6.07, 6.45) is 0.989. The topological polar surface area (TPSA) is 56.1 Å². The number of amides is 1. The van der Waals surface area contributed by atoms with Gasteiger partial charge in [-0.05, 0) is 55.0 Å². The van der Waals surface area contributed by atoms with E-state index in [1.807, 2.05) is 18.2 Å². The number of halogens is 2. The van der Waals surface area contributed by atoms with Crippen LogP contribution < -0.4 is 5.32 Å². The molecule has 3 rings (SSSR count). The van der Waals surface area contributed by atoms with Crippen molar-refractivity contribution in [3.05, 3.63) is 55.7 Å². The van der Waals surface area contributed by atoms with Gasteiger partial charge in [-0.25, -0.2) is 0 Å². The van der Waals surface area contributed by atoms with E-state index in [0.717, 1.165) is 25.1 Å². The largest absolute Gasteiger partial charge is 0.353 e. The SMILES string of the molecule is CC(C)(C#N)C(=O)NCC(c1ccc(Cl)c(Cl)c1)N1CCc2sccc2C1. The Kier molecular flexibility index (Phi) is 6.12. The standard InChI is InChI=1S/C20H21Cl2N3OS/c1-20(2,12-23)19(26)24-10-17(13-3-4-15(21)16(22)9-13)25-7-5-18-14(11-25)6-8-27-18/h3-4,6,8-9,17H,5,7,10-11H2,1-2H3,(H,24,26). The summed E-state index contributed by atoms with van der Waals surface area (Å²) in [7, 11) is 0. The lowest BCUT2D eigenvalue weighted by Crippen LogP contribution is -2.43. The molecule has 7 heteroatoms. The van der Waals surface area contributed by atoms with Gasteiger partial charge in [0.05, 0.1) is 22.2 Å². The molecule has 1 aliphatic rings. The van der Waals surface area contributed by atoms with Gasteiger partial charge in [-0.15, -0.1) is 11.3 Å². The third-order valence-electron chi connectivity index (χ3n) is 4.91. The maximum atomic E-state index is 12.4. The number of thiophene rings is 1. The molecule has 0 spiro atoms. The van der Waals surface area contributed by atoms with E-state index in [0.29, 0.717) is 16.6 Å². The van der Waals surface area contributed by atoms with E-state index in [1.54, 1.807) is 31.3 Å². The highest BCUT2D eigenvalue weighted by molar-refractivity contribution is 7.10. The number of benzene rings is 1. The van der Waals surface area contributed by atoms with Crippen LogP contribution in [0.25, 0.3) is 0 Å². The molecule has 2 heterocycles. The third kappa shape index (κ3) is 4.47. The lowest BCUT2D eigenvalue weighted by Gasteiger charge is -2.35. The van der Waals surface area contributed by atoms with Gasteiger partial charge in [0.1, 0.15) is 5.41 Å². The average Bonchev–Trinajstić information content (AvgIpc) is 3.12. The molecule has 4 nitrogen and oxygen atoms in total. The summed E-state index contributed by atoms with van der Waals surface area (Å²) < 4.78 is 0. The molecule has 1 aromatic carbocycles. The Balaban J connectivity index is 1.84. The summed E-state index contributed by atoms with van der Waals surface area (Å²) in [6, 6.07) is 9.75. The van der Waals surface area contributed by atoms with Gasteiger partial charge < -0.3 is 5.32 Å². The first-order chi connectivity index (χ1) is 12.8. The fourth-order valence-corrected chi connectivity index (χ4v) is 4.37. The number of carbonyl (C=O) groups is 1. The van der Waals surface area contributed by atoms with Crippen molar-refractivity contribution in [3.63, 3.8) is 0 Å². The molecule has 0 saturated heterocycles. The molecule has 1 aliphatic heterocycles. The molecule has 1 N–H and O–H groups in total. The minimum absolute atomic E-state index is 0.0498. The van der Waals surface area contributed by atoms with E-state index in [1.165, 1.54) is 10.4 Å².